The standard InChI is InChI=1S/C26H32N4O2S/c1-18-6-4-5-14-29(18)16-19-9-11-20(12-10-19)28-23(31)13-15-30-17-27-25-24(26(30)32)21-7-2-3-8-22(21)33-25/h9-12,17-18H,2-8,13-16H2,1H3,(H,28,31)/t18-/m0/s1. The van der Waals surface area contributed by atoms with Crippen molar-refractivity contribution in [2.24, 2.45) is 0 Å². The van der Waals surface area contributed by atoms with Crippen LogP contribution in [0.15, 0.2) is 35.4 Å². The molecule has 1 aromatic carbocycles. The van der Waals surface area contributed by atoms with Crippen molar-refractivity contribution in [1.82, 2.24) is 14.5 Å². The molecule has 0 bridgehead atoms. The van der Waals surface area contributed by atoms with Crippen molar-refractivity contribution in [3.05, 3.63) is 57.0 Å². The van der Waals surface area contributed by atoms with Gasteiger partial charge in [-0.15, -0.1) is 11.3 Å². The minimum atomic E-state index is -0.0910. The van der Waals surface area contributed by atoms with Crippen LogP contribution in [-0.2, 0) is 30.7 Å². The molecule has 3 aromatic rings. The number of fused-ring (bicyclic) bond motifs is 3. The highest BCUT2D eigenvalue weighted by Gasteiger charge is 2.20. The Balaban J connectivity index is 1.19. The average Bonchev–Trinajstić information content (AvgIpc) is 3.21. The van der Waals surface area contributed by atoms with E-state index in [1.54, 1.807) is 22.2 Å². The van der Waals surface area contributed by atoms with Gasteiger partial charge in [-0.1, -0.05) is 18.6 Å². The van der Waals surface area contributed by atoms with E-state index in [1.165, 1.54) is 41.7 Å². The highest BCUT2D eigenvalue weighted by atomic mass is 32.1. The first-order valence-electron chi connectivity index (χ1n) is 12.2. The monoisotopic (exact) mass is 464 g/mol. The van der Waals surface area contributed by atoms with Crippen molar-refractivity contribution in [3.8, 4) is 0 Å². The Morgan fingerprint density at radius 1 is 1.15 bits per heavy atom. The van der Waals surface area contributed by atoms with Gasteiger partial charge in [-0.05, 0) is 75.3 Å². The lowest BCUT2D eigenvalue weighted by Gasteiger charge is -2.33. The predicted octanol–water partition coefficient (Wildman–Crippen LogP) is 4.74. The van der Waals surface area contributed by atoms with Gasteiger partial charge in [0.25, 0.3) is 5.56 Å². The number of amides is 1. The van der Waals surface area contributed by atoms with E-state index in [2.05, 4.69) is 34.3 Å². The summed E-state index contributed by atoms with van der Waals surface area (Å²) in [5.41, 5.74) is 3.25. The number of benzene rings is 1. The first-order valence-corrected chi connectivity index (χ1v) is 13.0. The summed E-state index contributed by atoms with van der Waals surface area (Å²) in [5, 5.41) is 3.74. The molecule has 1 fully saturated rings. The van der Waals surface area contributed by atoms with Crippen LogP contribution in [-0.4, -0.2) is 32.9 Å². The van der Waals surface area contributed by atoms with Crippen LogP contribution in [0.25, 0.3) is 10.2 Å². The van der Waals surface area contributed by atoms with E-state index in [0.29, 0.717) is 12.6 Å². The summed E-state index contributed by atoms with van der Waals surface area (Å²) in [4.78, 5) is 34.8. The topological polar surface area (TPSA) is 67.2 Å². The number of anilines is 1. The van der Waals surface area contributed by atoms with Crippen LogP contribution >= 0.6 is 11.3 Å². The van der Waals surface area contributed by atoms with E-state index in [9.17, 15) is 9.59 Å². The number of hydrogen-bond acceptors (Lipinski definition) is 5. The zero-order valence-electron chi connectivity index (χ0n) is 19.3. The number of aryl methyl sites for hydroxylation is 3. The summed E-state index contributed by atoms with van der Waals surface area (Å²) in [6, 6.07) is 8.77. The van der Waals surface area contributed by atoms with Gasteiger partial charge in [0.15, 0.2) is 0 Å². The molecule has 5 rings (SSSR count). The van der Waals surface area contributed by atoms with Crippen LogP contribution in [0.5, 0.6) is 0 Å². The second-order valence-corrected chi connectivity index (χ2v) is 10.5. The maximum Gasteiger partial charge on any atom is 0.262 e. The van der Waals surface area contributed by atoms with Crippen LogP contribution in [0.4, 0.5) is 5.69 Å². The van der Waals surface area contributed by atoms with Crippen LogP contribution < -0.4 is 10.9 Å². The van der Waals surface area contributed by atoms with E-state index in [0.717, 1.165) is 48.3 Å². The van der Waals surface area contributed by atoms with Gasteiger partial charge in [0, 0.05) is 36.1 Å². The molecule has 3 heterocycles. The fourth-order valence-corrected chi connectivity index (χ4v) is 6.33. The molecule has 1 saturated heterocycles. The predicted molar refractivity (Wildman–Crippen MR) is 134 cm³/mol. The maximum absolute atomic E-state index is 13.1. The Labute approximate surface area is 198 Å². The second kappa shape index (κ2) is 9.77. The van der Waals surface area contributed by atoms with Crippen molar-refractivity contribution in [2.45, 2.75) is 77.4 Å². The highest BCUT2D eigenvalue weighted by molar-refractivity contribution is 7.18. The van der Waals surface area contributed by atoms with Gasteiger partial charge in [0.1, 0.15) is 4.83 Å². The van der Waals surface area contributed by atoms with Gasteiger partial charge in [0.05, 0.1) is 11.7 Å². The molecule has 6 nitrogen and oxygen atoms in total. The fourth-order valence-electron chi connectivity index (χ4n) is 5.11. The van der Waals surface area contributed by atoms with E-state index >= 15 is 0 Å². The molecule has 1 N–H and O–H groups in total. The highest BCUT2D eigenvalue weighted by Crippen LogP contribution is 2.33. The molecule has 7 heteroatoms. The van der Waals surface area contributed by atoms with Gasteiger partial charge < -0.3 is 5.32 Å². The molecule has 1 aliphatic heterocycles. The third-order valence-corrected chi connectivity index (χ3v) is 8.29. The number of thiophene rings is 1. The number of piperidine rings is 1. The minimum absolute atomic E-state index is 0.0107. The lowest BCUT2D eigenvalue weighted by Crippen LogP contribution is -2.36. The van der Waals surface area contributed by atoms with Crippen molar-refractivity contribution in [3.63, 3.8) is 0 Å². The van der Waals surface area contributed by atoms with Gasteiger partial charge in [-0.2, -0.15) is 0 Å². The smallest absolute Gasteiger partial charge is 0.262 e. The third kappa shape index (κ3) is 4.89. The number of nitrogens with zero attached hydrogens (tertiary/aromatic N) is 3. The van der Waals surface area contributed by atoms with Crippen molar-refractivity contribution < 1.29 is 4.79 Å². The van der Waals surface area contributed by atoms with Gasteiger partial charge in [-0.25, -0.2) is 4.98 Å². The molecule has 0 spiro atoms. The molecular weight excluding hydrogens is 432 g/mol. The molecule has 0 unspecified atom stereocenters. The zero-order valence-corrected chi connectivity index (χ0v) is 20.1. The summed E-state index contributed by atoms with van der Waals surface area (Å²) < 4.78 is 1.59. The average molecular weight is 465 g/mol. The van der Waals surface area contributed by atoms with Crippen LogP contribution in [0.3, 0.4) is 0 Å². The Kier molecular flexibility index (Phi) is 6.60. The molecule has 0 radical (unpaired) electrons. The fraction of sp³-hybridized carbons (Fsp3) is 0.500. The van der Waals surface area contributed by atoms with Gasteiger partial charge >= 0.3 is 0 Å². The number of hydrogen-bond donors (Lipinski definition) is 1. The maximum atomic E-state index is 13.1. The molecule has 1 aliphatic carbocycles. The Morgan fingerprint density at radius 2 is 1.97 bits per heavy atom. The first kappa shape index (κ1) is 22.3. The summed E-state index contributed by atoms with van der Waals surface area (Å²) in [5.74, 6) is -0.0910. The van der Waals surface area contributed by atoms with E-state index in [-0.39, 0.29) is 17.9 Å². The Hall–Kier alpha value is -2.51. The Bertz CT molecular complexity index is 1200. The quantitative estimate of drug-likeness (QED) is 0.572. The van der Waals surface area contributed by atoms with Crippen LogP contribution in [0, 0.1) is 0 Å². The summed E-state index contributed by atoms with van der Waals surface area (Å²) in [6.07, 6.45) is 10.0. The lowest BCUT2D eigenvalue weighted by atomic mass is 9.97. The molecule has 1 atom stereocenters. The number of likely N-dealkylation sites (tertiary alicyclic amines) is 1. The number of rotatable bonds is 6. The van der Waals surface area contributed by atoms with Crippen molar-refractivity contribution >= 4 is 33.1 Å². The summed E-state index contributed by atoms with van der Waals surface area (Å²) in [7, 11) is 0. The van der Waals surface area contributed by atoms with Crippen LogP contribution in [0.1, 0.15) is 61.5 Å². The van der Waals surface area contributed by atoms with E-state index in [4.69, 9.17) is 0 Å². The second-order valence-electron chi connectivity index (χ2n) is 9.44. The summed E-state index contributed by atoms with van der Waals surface area (Å²) in [6.45, 7) is 4.76. The minimum Gasteiger partial charge on any atom is -0.326 e. The molecule has 2 aromatic heterocycles. The molecule has 174 valence electrons. The lowest BCUT2D eigenvalue weighted by molar-refractivity contribution is -0.116. The van der Waals surface area contributed by atoms with Crippen molar-refractivity contribution in [1.29, 1.82) is 0 Å². The number of carbonyl (C=O) groups is 1. The molecule has 1 amide bonds. The molecule has 0 saturated carbocycles. The zero-order chi connectivity index (χ0) is 22.8. The Morgan fingerprint density at radius 3 is 2.79 bits per heavy atom. The number of carbonyl (C=O) groups excluding carboxylic acids is 1. The molecule has 2 aliphatic rings. The normalized spacial score (nSPS) is 18.9. The van der Waals surface area contributed by atoms with E-state index in [1.807, 2.05) is 12.1 Å². The van der Waals surface area contributed by atoms with E-state index < -0.39 is 0 Å². The number of aromatic nitrogens is 2. The van der Waals surface area contributed by atoms with Crippen LogP contribution in [0.2, 0.25) is 0 Å². The molecule has 33 heavy (non-hydrogen) atoms. The SMILES string of the molecule is C[C@H]1CCCCN1Cc1ccc(NC(=O)CCn2cnc3sc4c(c3c2=O)CCCC4)cc1. The largest absolute Gasteiger partial charge is 0.326 e. The van der Waals surface area contributed by atoms with Gasteiger partial charge in [0.2, 0.25) is 5.91 Å². The molecular formula is C26H32N4O2S. The third-order valence-electron chi connectivity index (χ3n) is 7.09. The number of nitrogens with one attached hydrogen (secondary N) is 1. The van der Waals surface area contributed by atoms with Crippen molar-refractivity contribution in [2.75, 3.05) is 11.9 Å². The first-order chi connectivity index (χ1) is 16.1. The van der Waals surface area contributed by atoms with Gasteiger partial charge in [-0.3, -0.25) is 19.1 Å². The summed E-state index contributed by atoms with van der Waals surface area (Å²) >= 11 is 1.65.